The van der Waals surface area contributed by atoms with Crippen LogP contribution in [0.5, 0.6) is 11.5 Å². The fourth-order valence-electron chi connectivity index (χ4n) is 2.64. The predicted octanol–water partition coefficient (Wildman–Crippen LogP) is 5.92. The van der Waals surface area contributed by atoms with Crippen LogP contribution in [0, 0.1) is 18.6 Å². The Bertz CT molecular complexity index is 1110. The number of nitrogens with one attached hydrogen (secondary N) is 1. The molecule has 0 bridgehead atoms. The molecular weight excluding hydrogens is 407 g/mol. The van der Waals surface area contributed by atoms with E-state index in [1.54, 1.807) is 0 Å². The molecule has 0 aliphatic carbocycles. The van der Waals surface area contributed by atoms with Gasteiger partial charge in [-0.1, -0.05) is 0 Å². The van der Waals surface area contributed by atoms with Gasteiger partial charge in [0.25, 0.3) is 5.91 Å². The molecule has 0 saturated carbocycles. The number of nitrogens with two attached hydrogens (primary N) is 1. The van der Waals surface area contributed by atoms with Gasteiger partial charge in [-0.3, -0.25) is 4.79 Å². The fourth-order valence-corrected chi connectivity index (χ4v) is 2.64. The van der Waals surface area contributed by atoms with Crippen LogP contribution in [0.4, 0.5) is 33.3 Å². The Labute approximate surface area is 168 Å². The number of halogens is 5. The largest absolute Gasteiger partial charge is 0.456 e. The number of carbonyl (C=O) groups excluding carboxylic acids is 1. The third kappa shape index (κ3) is 4.68. The van der Waals surface area contributed by atoms with Gasteiger partial charge in [-0.05, 0) is 67.1 Å². The molecule has 0 saturated heterocycles. The van der Waals surface area contributed by atoms with Crippen molar-refractivity contribution < 1.29 is 31.5 Å². The summed E-state index contributed by atoms with van der Waals surface area (Å²) in [6.45, 7) is 1.51. The van der Waals surface area contributed by atoms with Crippen molar-refractivity contribution >= 4 is 17.3 Å². The van der Waals surface area contributed by atoms with Crippen LogP contribution in [0.3, 0.4) is 0 Å². The maximum absolute atomic E-state index is 13.3. The molecule has 30 heavy (non-hydrogen) atoms. The fraction of sp³-hybridized carbons (Fsp3) is 0.0952. The van der Waals surface area contributed by atoms with Crippen LogP contribution in [0.25, 0.3) is 0 Å². The van der Waals surface area contributed by atoms with E-state index in [0.29, 0.717) is 11.6 Å². The van der Waals surface area contributed by atoms with Crippen molar-refractivity contribution in [2.24, 2.45) is 0 Å². The first-order valence-electron chi connectivity index (χ1n) is 8.56. The molecular formula is C21H15F5N2O2. The molecule has 0 unspecified atom stereocenters. The monoisotopic (exact) mass is 422 g/mol. The van der Waals surface area contributed by atoms with E-state index in [0.717, 1.165) is 30.3 Å². The van der Waals surface area contributed by atoms with Crippen molar-refractivity contribution in [2.75, 3.05) is 11.1 Å². The van der Waals surface area contributed by atoms with Crippen LogP contribution in [-0.4, -0.2) is 5.91 Å². The first kappa shape index (κ1) is 21.1. The number of rotatable bonds is 4. The van der Waals surface area contributed by atoms with Crippen molar-refractivity contribution in [3.8, 4) is 11.5 Å². The summed E-state index contributed by atoms with van der Waals surface area (Å²) in [4.78, 5) is 12.7. The minimum absolute atomic E-state index is 0.0794. The van der Waals surface area contributed by atoms with Crippen molar-refractivity contribution in [3.05, 3.63) is 82.9 Å². The maximum atomic E-state index is 13.3. The summed E-state index contributed by atoms with van der Waals surface area (Å²) in [6.07, 6.45) is -4.67. The summed E-state index contributed by atoms with van der Waals surface area (Å²) in [7, 11) is 0. The Balaban J connectivity index is 1.99. The van der Waals surface area contributed by atoms with E-state index in [9.17, 15) is 26.7 Å². The summed E-state index contributed by atoms with van der Waals surface area (Å²) in [5.41, 5.74) is 4.47. The quantitative estimate of drug-likeness (QED) is 0.405. The van der Waals surface area contributed by atoms with Gasteiger partial charge in [-0.15, -0.1) is 0 Å². The predicted molar refractivity (Wildman–Crippen MR) is 101 cm³/mol. The number of nitrogen functional groups attached to an aromatic ring is 1. The number of anilines is 2. The summed E-state index contributed by atoms with van der Waals surface area (Å²) in [5, 5.41) is 2.43. The molecule has 156 valence electrons. The van der Waals surface area contributed by atoms with Gasteiger partial charge in [-0.2, -0.15) is 13.2 Å². The summed E-state index contributed by atoms with van der Waals surface area (Å²) in [6, 6.07) is 9.29. The lowest BCUT2D eigenvalue weighted by Gasteiger charge is -2.16. The standard InChI is InChI=1S/C21H15F5N2O2/c1-11-8-13(22)3-7-18(11)30-19-9-12(21(24,25)26)2-5-15(19)20(29)28-14-4-6-16(23)17(27)10-14/h2-10H,27H2,1H3,(H,28,29). The van der Waals surface area contributed by atoms with Crippen LogP contribution in [0.1, 0.15) is 21.5 Å². The van der Waals surface area contributed by atoms with E-state index in [1.165, 1.54) is 25.1 Å². The second-order valence-electron chi connectivity index (χ2n) is 6.41. The molecule has 0 heterocycles. The Morgan fingerprint density at radius 1 is 0.967 bits per heavy atom. The molecule has 3 aromatic carbocycles. The van der Waals surface area contributed by atoms with Gasteiger partial charge in [-0.25, -0.2) is 8.78 Å². The van der Waals surface area contributed by atoms with E-state index in [-0.39, 0.29) is 28.4 Å². The van der Waals surface area contributed by atoms with Crippen LogP contribution >= 0.6 is 0 Å². The molecule has 0 aliphatic heterocycles. The lowest BCUT2D eigenvalue weighted by Crippen LogP contribution is -2.15. The number of ether oxygens (including phenoxy) is 1. The molecule has 0 aromatic heterocycles. The number of benzene rings is 3. The second-order valence-corrected chi connectivity index (χ2v) is 6.41. The maximum Gasteiger partial charge on any atom is 0.416 e. The highest BCUT2D eigenvalue weighted by molar-refractivity contribution is 6.06. The topological polar surface area (TPSA) is 64.3 Å². The molecule has 0 spiro atoms. The molecule has 3 N–H and O–H groups in total. The molecule has 3 aromatic rings. The van der Waals surface area contributed by atoms with Crippen LogP contribution in [-0.2, 0) is 6.18 Å². The van der Waals surface area contributed by atoms with Crippen LogP contribution in [0.2, 0.25) is 0 Å². The van der Waals surface area contributed by atoms with Gasteiger partial charge in [0.1, 0.15) is 23.1 Å². The molecule has 0 atom stereocenters. The molecule has 9 heteroatoms. The molecule has 0 aliphatic rings. The van der Waals surface area contributed by atoms with E-state index < -0.39 is 29.3 Å². The lowest BCUT2D eigenvalue weighted by atomic mass is 10.1. The molecule has 3 rings (SSSR count). The number of aryl methyl sites for hydroxylation is 1. The highest BCUT2D eigenvalue weighted by atomic mass is 19.4. The van der Waals surface area contributed by atoms with Gasteiger partial charge in [0, 0.05) is 5.69 Å². The molecule has 0 fully saturated rings. The highest BCUT2D eigenvalue weighted by Gasteiger charge is 2.32. The summed E-state index contributed by atoms with van der Waals surface area (Å²) >= 11 is 0. The SMILES string of the molecule is Cc1cc(F)ccc1Oc1cc(C(F)(F)F)ccc1C(=O)Nc1ccc(F)c(N)c1. The van der Waals surface area contributed by atoms with Gasteiger partial charge in [0.15, 0.2) is 0 Å². The third-order valence-corrected chi connectivity index (χ3v) is 4.16. The Hall–Kier alpha value is -3.62. The number of hydrogen-bond donors (Lipinski definition) is 2. The number of hydrogen-bond acceptors (Lipinski definition) is 3. The van der Waals surface area contributed by atoms with Gasteiger partial charge in [0.2, 0.25) is 0 Å². The third-order valence-electron chi connectivity index (χ3n) is 4.16. The van der Waals surface area contributed by atoms with Crippen molar-refractivity contribution in [3.63, 3.8) is 0 Å². The zero-order chi connectivity index (χ0) is 22.1. The summed E-state index contributed by atoms with van der Waals surface area (Å²) < 4.78 is 71.6. The number of alkyl halides is 3. The van der Waals surface area contributed by atoms with Gasteiger partial charge >= 0.3 is 6.18 Å². The van der Waals surface area contributed by atoms with Crippen molar-refractivity contribution in [1.82, 2.24) is 0 Å². The number of amides is 1. The highest BCUT2D eigenvalue weighted by Crippen LogP contribution is 2.36. The molecule has 4 nitrogen and oxygen atoms in total. The Morgan fingerprint density at radius 3 is 2.33 bits per heavy atom. The molecule has 1 amide bonds. The average Bonchev–Trinajstić information content (AvgIpc) is 2.66. The van der Waals surface area contributed by atoms with Crippen molar-refractivity contribution in [2.45, 2.75) is 13.1 Å². The minimum atomic E-state index is -4.67. The van der Waals surface area contributed by atoms with Gasteiger partial charge in [0.05, 0.1) is 16.8 Å². The average molecular weight is 422 g/mol. The first-order chi connectivity index (χ1) is 14.0. The second kappa shape index (κ2) is 8.02. The minimum Gasteiger partial charge on any atom is -0.456 e. The van der Waals surface area contributed by atoms with Crippen LogP contribution in [0.15, 0.2) is 54.6 Å². The Kier molecular flexibility index (Phi) is 5.64. The molecule has 0 radical (unpaired) electrons. The Morgan fingerprint density at radius 2 is 1.70 bits per heavy atom. The lowest BCUT2D eigenvalue weighted by molar-refractivity contribution is -0.137. The van der Waals surface area contributed by atoms with E-state index in [1.807, 2.05) is 0 Å². The van der Waals surface area contributed by atoms with E-state index in [2.05, 4.69) is 5.32 Å². The zero-order valence-electron chi connectivity index (χ0n) is 15.5. The number of carbonyl (C=O) groups is 1. The van der Waals surface area contributed by atoms with E-state index in [4.69, 9.17) is 10.5 Å². The summed E-state index contributed by atoms with van der Waals surface area (Å²) in [5.74, 6) is -2.33. The normalized spacial score (nSPS) is 11.3. The van der Waals surface area contributed by atoms with Crippen LogP contribution < -0.4 is 15.8 Å². The zero-order valence-corrected chi connectivity index (χ0v) is 15.5. The van der Waals surface area contributed by atoms with Crippen molar-refractivity contribution in [1.29, 1.82) is 0 Å². The first-order valence-corrected chi connectivity index (χ1v) is 8.56. The smallest absolute Gasteiger partial charge is 0.416 e. The van der Waals surface area contributed by atoms with Gasteiger partial charge < -0.3 is 15.8 Å². The van der Waals surface area contributed by atoms with E-state index >= 15 is 0 Å².